The second-order valence-electron chi connectivity index (χ2n) is 6.67. The number of hydrogen-bond donors (Lipinski definition) is 1. The summed E-state index contributed by atoms with van der Waals surface area (Å²) in [5, 5.41) is 22.5. The Morgan fingerprint density at radius 3 is 2.16 bits per heavy atom. The molecule has 3 aromatic rings. The van der Waals surface area contributed by atoms with E-state index < -0.39 is 5.60 Å². The van der Waals surface area contributed by atoms with Crippen molar-refractivity contribution >= 4 is 16.5 Å². The highest BCUT2D eigenvalue weighted by Crippen LogP contribution is 2.37. The van der Waals surface area contributed by atoms with Crippen molar-refractivity contribution in [2.24, 2.45) is 0 Å². The Hall–Kier alpha value is -2.83. The smallest absolute Gasteiger partial charge is 0.0998 e. The standard InChI is InChI=1S/C22H20N2O/c23-16-17-10-11-21(20-9-5-4-8-19(17)20)24-14-12-22(25,13-15-24)18-6-2-1-3-7-18/h1-11,25H,12-15H2. The van der Waals surface area contributed by atoms with Gasteiger partial charge in [-0.2, -0.15) is 5.26 Å². The van der Waals surface area contributed by atoms with Crippen LogP contribution in [0.15, 0.2) is 66.7 Å². The van der Waals surface area contributed by atoms with Crippen LogP contribution in [0.3, 0.4) is 0 Å². The number of aliphatic hydroxyl groups is 1. The van der Waals surface area contributed by atoms with Crippen molar-refractivity contribution in [3.8, 4) is 6.07 Å². The number of anilines is 1. The molecule has 0 spiro atoms. The molecule has 1 aliphatic heterocycles. The number of benzene rings is 3. The Morgan fingerprint density at radius 1 is 0.840 bits per heavy atom. The van der Waals surface area contributed by atoms with E-state index in [0.29, 0.717) is 18.4 Å². The molecule has 1 heterocycles. The first-order valence-corrected chi connectivity index (χ1v) is 8.66. The Morgan fingerprint density at radius 2 is 1.48 bits per heavy atom. The minimum Gasteiger partial charge on any atom is -0.385 e. The molecule has 25 heavy (non-hydrogen) atoms. The fourth-order valence-electron chi connectivity index (χ4n) is 3.81. The van der Waals surface area contributed by atoms with E-state index in [4.69, 9.17) is 0 Å². The Labute approximate surface area is 147 Å². The summed E-state index contributed by atoms with van der Waals surface area (Å²) in [5.74, 6) is 0. The van der Waals surface area contributed by atoms with Gasteiger partial charge in [0.05, 0.1) is 17.2 Å². The topological polar surface area (TPSA) is 47.3 Å². The molecule has 3 nitrogen and oxygen atoms in total. The first-order valence-electron chi connectivity index (χ1n) is 8.66. The minimum absolute atomic E-state index is 0.700. The van der Waals surface area contributed by atoms with Crippen LogP contribution in [0.25, 0.3) is 10.8 Å². The number of nitriles is 1. The van der Waals surface area contributed by atoms with Crippen LogP contribution in [0.4, 0.5) is 5.69 Å². The molecule has 0 unspecified atom stereocenters. The molecule has 1 aliphatic rings. The number of nitrogens with zero attached hydrogens (tertiary/aromatic N) is 2. The summed E-state index contributed by atoms with van der Waals surface area (Å²) in [5.41, 5.74) is 2.10. The van der Waals surface area contributed by atoms with E-state index >= 15 is 0 Å². The first kappa shape index (κ1) is 15.7. The van der Waals surface area contributed by atoms with Crippen LogP contribution in [-0.2, 0) is 5.60 Å². The molecule has 0 bridgehead atoms. The highest BCUT2D eigenvalue weighted by Gasteiger charge is 2.34. The van der Waals surface area contributed by atoms with E-state index in [1.165, 1.54) is 0 Å². The predicted molar refractivity (Wildman–Crippen MR) is 100 cm³/mol. The lowest BCUT2D eigenvalue weighted by atomic mass is 9.84. The molecule has 3 heteroatoms. The average molecular weight is 328 g/mol. The average Bonchev–Trinajstić information content (AvgIpc) is 2.69. The van der Waals surface area contributed by atoms with Gasteiger partial charge in [0, 0.05) is 29.5 Å². The van der Waals surface area contributed by atoms with Crippen LogP contribution in [0, 0.1) is 11.3 Å². The third-order valence-electron chi connectivity index (χ3n) is 5.26. The summed E-state index contributed by atoms with van der Waals surface area (Å²) in [7, 11) is 0. The predicted octanol–water partition coefficient (Wildman–Crippen LogP) is 4.20. The monoisotopic (exact) mass is 328 g/mol. The molecule has 1 N–H and O–H groups in total. The summed E-state index contributed by atoms with van der Waals surface area (Å²) in [6, 6.07) is 24.2. The van der Waals surface area contributed by atoms with E-state index in [9.17, 15) is 10.4 Å². The molecule has 1 fully saturated rings. The van der Waals surface area contributed by atoms with Crippen LogP contribution < -0.4 is 4.90 Å². The fourth-order valence-corrected chi connectivity index (χ4v) is 3.81. The van der Waals surface area contributed by atoms with Gasteiger partial charge in [-0.3, -0.25) is 0 Å². The summed E-state index contributed by atoms with van der Waals surface area (Å²) in [6.07, 6.45) is 1.40. The Balaban J connectivity index is 1.64. The normalized spacial score (nSPS) is 16.6. The molecule has 0 amide bonds. The van der Waals surface area contributed by atoms with Crippen LogP contribution in [0.2, 0.25) is 0 Å². The highest BCUT2D eigenvalue weighted by atomic mass is 16.3. The molecular formula is C22H20N2O. The number of rotatable bonds is 2. The number of fused-ring (bicyclic) bond motifs is 1. The van der Waals surface area contributed by atoms with Gasteiger partial charge in [0.1, 0.15) is 0 Å². The van der Waals surface area contributed by atoms with Crippen LogP contribution in [-0.4, -0.2) is 18.2 Å². The van der Waals surface area contributed by atoms with Crippen molar-refractivity contribution in [3.63, 3.8) is 0 Å². The van der Waals surface area contributed by atoms with Crippen LogP contribution >= 0.6 is 0 Å². The molecule has 0 atom stereocenters. The van der Waals surface area contributed by atoms with E-state index in [2.05, 4.69) is 17.0 Å². The van der Waals surface area contributed by atoms with E-state index in [0.717, 1.165) is 35.1 Å². The third-order valence-corrected chi connectivity index (χ3v) is 5.26. The molecule has 0 aliphatic carbocycles. The SMILES string of the molecule is N#Cc1ccc(N2CCC(O)(c3ccccc3)CC2)c2ccccc12. The summed E-state index contributed by atoms with van der Waals surface area (Å²) in [6.45, 7) is 1.59. The first-order chi connectivity index (χ1) is 12.2. The quantitative estimate of drug-likeness (QED) is 0.767. The lowest BCUT2D eigenvalue weighted by molar-refractivity contribution is 0.0118. The van der Waals surface area contributed by atoms with Crippen molar-refractivity contribution in [1.29, 1.82) is 5.26 Å². The van der Waals surface area contributed by atoms with Gasteiger partial charge in [0.15, 0.2) is 0 Å². The number of piperidine rings is 1. The third kappa shape index (κ3) is 2.75. The minimum atomic E-state index is -0.750. The zero-order chi connectivity index (χ0) is 17.3. The maximum Gasteiger partial charge on any atom is 0.0998 e. The number of hydrogen-bond acceptors (Lipinski definition) is 3. The van der Waals surface area contributed by atoms with Gasteiger partial charge in [-0.25, -0.2) is 0 Å². The summed E-state index contributed by atoms with van der Waals surface area (Å²) >= 11 is 0. The van der Waals surface area contributed by atoms with E-state index in [1.54, 1.807) is 0 Å². The molecule has 0 radical (unpaired) electrons. The molecule has 124 valence electrons. The van der Waals surface area contributed by atoms with Crippen molar-refractivity contribution < 1.29 is 5.11 Å². The zero-order valence-corrected chi connectivity index (χ0v) is 14.0. The fraction of sp³-hybridized carbons (Fsp3) is 0.227. The van der Waals surface area contributed by atoms with Gasteiger partial charge in [0.25, 0.3) is 0 Å². The molecular weight excluding hydrogens is 308 g/mol. The maximum absolute atomic E-state index is 11.0. The van der Waals surface area contributed by atoms with E-state index in [-0.39, 0.29) is 0 Å². The zero-order valence-electron chi connectivity index (χ0n) is 14.0. The second kappa shape index (κ2) is 6.23. The van der Waals surface area contributed by atoms with Crippen molar-refractivity contribution in [1.82, 2.24) is 0 Å². The highest BCUT2D eigenvalue weighted by molar-refractivity contribution is 5.97. The second-order valence-corrected chi connectivity index (χ2v) is 6.67. The Bertz CT molecular complexity index is 935. The largest absolute Gasteiger partial charge is 0.385 e. The lowest BCUT2D eigenvalue weighted by Crippen LogP contribution is -2.42. The summed E-state index contributed by atoms with van der Waals surface area (Å²) in [4.78, 5) is 2.32. The molecule has 1 saturated heterocycles. The van der Waals surface area contributed by atoms with Gasteiger partial charge >= 0.3 is 0 Å². The maximum atomic E-state index is 11.0. The van der Waals surface area contributed by atoms with Gasteiger partial charge < -0.3 is 10.0 Å². The molecule has 0 aromatic heterocycles. The van der Waals surface area contributed by atoms with Gasteiger partial charge in [-0.05, 0) is 30.5 Å². The Kier molecular flexibility index (Phi) is 3.91. The van der Waals surface area contributed by atoms with Gasteiger partial charge in [-0.15, -0.1) is 0 Å². The summed E-state index contributed by atoms with van der Waals surface area (Å²) < 4.78 is 0. The van der Waals surface area contributed by atoms with Crippen molar-refractivity contribution in [2.45, 2.75) is 18.4 Å². The van der Waals surface area contributed by atoms with E-state index in [1.807, 2.05) is 60.7 Å². The molecule has 4 rings (SSSR count). The molecule has 0 saturated carbocycles. The lowest BCUT2D eigenvalue weighted by Gasteiger charge is -2.40. The van der Waals surface area contributed by atoms with Gasteiger partial charge in [0.2, 0.25) is 0 Å². The van der Waals surface area contributed by atoms with Crippen LogP contribution in [0.1, 0.15) is 24.0 Å². The van der Waals surface area contributed by atoms with Gasteiger partial charge in [-0.1, -0.05) is 54.6 Å². The van der Waals surface area contributed by atoms with Crippen molar-refractivity contribution in [3.05, 3.63) is 77.9 Å². The molecule has 3 aromatic carbocycles. The van der Waals surface area contributed by atoms with Crippen LogP contribution in [0.5, 0.6) is 0 Å². The van der Waals surface area contributed by atoms with Crippen molar-refractivity contribution in [2.75, 3.05) is 18.0 Å².